The lowest BCUT2D eigenvalue weighted by atomic mass is 10.1. The lowest BCUT2D eigenvalue weighted by Crippen LogP contribution is -2.28. The molecule has 0 aromatic heterocycles. The summed E-state index contributed by atoms with van der Waals surface area (Å²) in [5.41, 5.74) is 2.47. The van der Waals surface area contributed by atoms with Crippen LogP contribution in [0.2, 0.25) is 0 Å². The zero-order valence-corrected chi connectivity index (χ0v) is 17.6. The molecule has 1 atom stereocenters. The Morgan fingerprint density at radius 1 is 1.10 bits per heavy atom. The van der Waals surface area contributed by atoms with E-state index in [2.05, 4.69) is 12.2 Å². The topological polar surface area (TPSA) is 86.8 Å². The number of hydrogen-bond acceptors (Lipinski definition) is 4. The fourth-order valence-electron chi connectivity index (χ4n) is 3.21. The number of carbonyl (C=O) groups excluding carboxylic acids is 2. The van der Waals surface area contributed by atoms with E-state index in [9.17, 15) is 18.0 Å². The van der Waals surface area contributed by atoms with Gasteiger partial charge in [-0.3, -0.25) is 9.59 Å². The van der Waals surface area contributed by atoms with Crippen molar-refractivity contribution in [2.45, 2.75) is 24.7 Å². The summed E-state index contributed by atoms with van der Waals surface area (Å²) in [5.74, 6) is -0.797. The van der Waals surface area contributed by atoms with E-state index >= 15 is 0 Å². The Morgan fingerprint density at radius 3 is 2.28 bits per heavy atom. The standard InChI is InChI=1S/C21H25N3O4S/c1-4-15-5-9-18(10-6-15)24-14-16(13-20(24)25)21(26)22-17-7-11-19(12-8-17)29(27,28)23(2)3/h5-12,16H,4,13-14H2,1-3H3,(H,22,26). The van der Waals surface area contributed by atoms with E-state index in [1.165, 1.54) is 31.8 Å². The first-order chi connectivity index (χ1) is 13.7. The van der Waals surface area contributed by atoms with Gasteiger partial charge in [0.15, 0.2) is 0 Å². The van der Waals surface area contributed by atoms with Crippen LogP contribution in [-0.2, 0) is 26.0 Å². The van der Waals surface area contributed by atoms with Gasteiger partial charge in [-0.05, 0) is 48.4 Å². The molecule has 1 fully saturated rings. The summed E-state index contributed by atoms with van der Waals surface area (Å²) < 4.78 is 25.4. The van der Waals surface area contributed by atoms with Crippen LogP contribution in [0.3, 0.4) is 0 Å². The van der Waals surface area contributed by atoms with Crippen molar-refractivity contribution in [3.05, 3.63) is 54.1 Å². The van der Waals surface area contributed by atoms with Gasteiger partial charge in [0.1, 0.15) is 0 Å². The highest BCUT2D eigenvalue weighted by molar-refractivity contribution is 7.89. The fourth-order valence-corrected chi connectivity index (χ4v) is 4.11. The maximum absolute atomic E-state index is 12.6. The van der Waals surface area contributed by atoms with Gasteiger partial charge in [-0.1, -0.05) is 19.1 Å². The molecule has 2 amide bonds. The summed E-state index contributed by atoms with van der Waals surface area (Å²) in [7, 11) is -0.595. The number of anilines is 2. The van der Waals surface area contributed by atoms with Crippen LogP contribution in [0.15, 0.2) is 53.4 Å². The molecule has 8 heteroatoms. The number of rotatable bonds is 6. The lowest BCUT2D eigenvalue weighted by molar-refractivity contribution is -0.122. The van der Waals surface area contributed by atoms with E-state index in [4.69, 9.17) is 0 Å². The second-order valence-electron chi connectivity index (χ2n) is 7.23. The quantitative estimate of drug-likeness (QED) is 0.785. The van der Waals surface area contributed by atoms with Crippen molar-refractivity contribution in [1.29, 1.82) is 0 Å². The number of benzene rings is 2. The van der Waals surface area contributed by atoms with Gasteiger partial charge in [-0.15, -0.1) is 0 Å². The molecule has 2 aromatic rings. The normalized spacial score (nSPS) is 17.0. The van der Waals surface area contributed by atoms with E-state index in [-0.39, 0.29) is 23.1 Å². The zero-order chi connectivity index (χ0) is 21.2. The summed E-state index contributed by atoms with van der Waals surface area (Å²) in [4.78, 5) is 26.8. The first-order valence-electron chi connectivity index (χ1n) is 9.45. The van der Waals surface area contributed by atoms with Crippen molar-refractivity contribution >= 4 is 33.2 Å². The molecular formula is C21H25N3O4S. The van der Waals surface area contributed by atoms with E-state index in [0.29, 0.717) is 12.2 Å². The second kappa shape index (κ2) is 8.34. The molecule has 0 radical (unpaired) electrons. The van der Waals surface area contributed by atoms with Crippen molar-refractivity contribution in [2.75, 3.05) is 30.9 Å². The monoisotopic (exact) mass is 415 g/mol. The molecule has 0 bridgehead atoms. The molecule has 0 spiro atoms. The van der Waals surface area contributed by atoms with Crippen molar-refractivity contribution < 1.29 is 18.0 Å². The summed E-state index contributed by atoms with van der Waals surface area (Å²) >= 11 is 0. The molecule has 1 aliphatic heterocycles. The van der Waals surface area contributed by atoms with Gasteiger partial charge in [0.2, 0.25) is 21.8 Å². The molecule has 1 N–H and O–H groups in total. The summed E-state index contributed by atoms with van der Waals surface area (Å²) in [6, 6.07) is 13.8. The summed E-state index contributed by atoms with van der Waals surface area (Å²) in [5, 5.41) is 2.78. The lowest BCUT2D eigenvalue weighted by Gasteiger charge is -2.17. The Morgan fingerprint density at radius 2 is 1.72 bits per heavy atom. The minimum atomic E-state index is -3.52. The minimum Gasteiger partial charge on any atom is -0.326 e. The summed E-state index contributed by atoms with van der Waals surface area (Å²) in [6.07, 6.45) is 1.07. The third-order valence-electron chi connectivity index (χ3n) is 5.05. The van der Waals surface area contributed by atoms with Gasteiger partial charge in [0.25, 0.3) is 0 Å². The van der Waals surface area contributed by atoms with Crippen LogP contribution in [0.1, 0.15) is 18.9 Å². The second-order valence-corrected chi connectivity index (χ2v) is 9.38. The molecule has 154 valence electrons. The Hall–Kier alpha value is -2.71. The number of nitrogens with one attached hydrogen (secondary N) is 1. The number of hydrogen-bond donors (Lipinski definition) is 1. The number of amides is 2. The first-order valence-corrected chi connectivity index (χ1v) is 10.9. The predicted octanol–water partition coefficient (Wildman–Crippen LogP) is 2.49. The highest BCUT2D eigenvalue weighted by Crippen LogP contribution is 2.27. The van der Waals surface area contributed by atoms with Crippen molar-refractivity contribution in [1.82, 2.24) is 4.31 Å². The SMILES string of the molecule is CCc1ccc(N2CC(C(=O)Nc3ccc(S(=O)(=O)N(C)C)cc3)CC2=O)cc1. The highest BCUT2D eigenvalue weighted by Gasteiger charge is 2.35. The third kappa shape index (κ3) is 4.49. The molecule has 2 aromatic carbocycles. The largest absolute Gasteiger partial charge is 0.326 e. The molecule has 1 aliphatic rings. The molecular weight excluding hydrogens is 390 g/mol. The van der Waals surface area contributed by atoms with Crippen LogP contribution in [0.5, 0.6) is 0 Å². The Bertz CT molecular complexity index is 999. The van der Waals surface area contributed by atoms with Crippen LogP contribution < -0.4 is 10.2 Å². The number of carbonyl (C=O) groups is 2. The molecule has 7 nitrogen and oxygen atoms in total. The van der Waals surface area contributed by atoms with Crippen LogP contribution in [0.25, 0.3) is 0 Å². The Kier molecular flexibility index (Phi) is 6.04. The first kappa shape index (κ1) is 21.0. The van der Waals surface area contributed by atoms with Gasteiger partial charge >= 0.3 is 0 Å². The average Bonchev–Trinajstić information content (AvgIpc) is 3.10. The molecule has 0 saturated carbocycles. The Balaban J connectivity index is 1.66. The molecule has 29 heavy (non-hydrogen) atoms. The van der Waals surface area contributed by atoms with Crippen LogP contribution in [0.4, 0.5) is 11.4 Å². The molecule has 1 heterocycles. The van der Waals surface area contributed by atoms with Crippen molar-refractivity contribution in [3.63, 3.8) is 0 Å². The van der Waals surface area contributed by atoms with Gasteiger partial charge in [-0.2, -0.15) is 0 Å². The van der Waals surface area contributed by atoms with Crippen molar-refractivity contribution in [3.8, 4) is 0 Å². The van der Waals surface area contributed by atoms with E-state index in [1.807, 2.05) is 24.3 Å². The fraction of sp³-hybridized carbons (Fsp3) is 0.333. The van der Waals surface area contributed by atoms with E-state index in [0.717, 1.165) is 16.4 Å². The van der Waals surface area contributed by atoms with Gasteiger partial charge in [0.05, 0.1) is 10.8 Å². The highest BCUT2D eigenvalue weighted by atomic mass is 32.2. The number of sulfonamides is 1. The van der Waals surface area contributed by atoms with Crippen LogP contribution in [-0.4, -0.2) is 45.2 Å². The van der Waals surface area contributed by atoms with E-state index < -0.39 is 15.9 Å². The maximum atomic E-state index is 12.6. The smallest absolute Gasteiger partial charge is 0.242 e. The third-order valence-corrected chi connectivity index (χ3v) is 6.88. The number of aryl methyl sites for hydroxylation is 1. The predicted molar refractivity (Wildman–Crippen MR) is 112 cm³/mol. The van der Waals surface area contributed by atoms with Gasteiger partial charge in [0, 0.05) is 38.4 Å². The molecule has 0 aliphatic carbocycles. The molecule has 1 saturated heterocycles. The van der Waals surface area contributed by atoms with Crippen LogP contribution in [0, 0.1) is 5.92 Å². The average molecular weight is 416 g/mol. The van der Waals surface area contributed by atoms with Crippen molar-refractivity contribution in [2.24, 2.45) is 5.92 Å². The molecule has 3 rings (SSSR count). The summed E-state index contributed by atoms with van der Waals surface area (Å²) in [6.45, 7) is 2.39. The number of nitrogens with zero attached hydrogens (tertiary/aromatic N) is 2. The van der Waals surface area contributed by atoms with Gasteiger partial charge in [-0.25, -0.2) is 12.7 Å². The Labute approximate surface area is 171 Å². The van der Waals surface area contributed by atoms with Crippen LogP contribution >= 0.6 is 0 Å². The minimum absolute atomic E-state index is 0.0816. The molecule has 1 unspecified atom stereocenters. The maximum Gasteiger partial charge on any atom is 0.242 e. The zero-order valence-electron chi connectivity index (χ0n) is 16.8. The van der Waals surface area contributed by atoms with E-state index in [1.54, 1.807) is 17.0 Å². The van der Waals surface area contributed by atoms with Gasteiger partial charge < -0.3 is 10.2 Å².